The highest BCUT2D eigenvalue weighted by Crippen LogP contribution is 2.21. The normalized spacial score (nSPS) is 10.8. The van der Waals surface area contributed by atoms with E-state index in [0.29, 0.717) is 29.1 Å². The molecule has 26 heavy (non-hydrogen) atoms. The van der Waals surface area contributed by atoms with Crippen molar-refractivity contribution in [1.29, 1.82) is 0 Å². The van der Waals surface area contributed by atoms with Crippen molar-refractivity contribution >= 4 is 28.4 Å². The van der Waals surface area contributed by atoms with Crippen LogP contribution in [0.15, 0.2) is 71.9 Å². The second kappa shape index (κ2) is 6.64. The summed E-state index contributed by atoms with van der Waals surface area (Å²) in [6.07, 6.45) is 5.02. The van der Waals surface area contributed by atoms with Gasteiger partial charge < -0.3 is 15.6 Å². The van der Waals surface area contributed by atoms with Gasteiger partial charge in [-0.3, -0.25) is 4.79 Å². The molecule has 0 atom stereocenters. The third-order valence-electron chi connectivity index (χ3n) is 3.99. The van der Waals surface area contributed by atoms with Crippen molar-refractivity contribution in [3.63, 3.8) is 0 Å². The molecule has 1 aromatic carbocycles. The number of hydrogen-bond acceptors (Lipinski definition) is 6. The zero-order chi connectivity index (χ0) is 17.9. The molecule has 7 nitrogen and oxygen atoms in total. The lowest BCUT2D eigenvalue weighted by atomic mass is 10.2. The minimum atomic E-state index is -0.168. The first-order valence-electron chi connectivity index (χ1n) is 8.08. The number of pyridine rings is 2. The highest BCUT2D eigenvalue weighted by molar-refractivity contribution is 5.92. The molecule has 0 saturated carbocycles. The second-order valence-corrected chi connectivity index (χ2v) is 5.79. The minimum Gasteiger partial charge on any atom is -0.383 e. The maximum atomic E-state index is 12.8. The summed E-state index contributed by atoms with van der Waals surface area (Å²) in [6, 6.07) is 15.1. The summed E-state index contributed by atoms with van der Waals surface area (Å²) in [5.74, 6) is 1.07. The molecule has 0 amide bonds. The summed E-state index contributed by atoms with van der Waals surface area (Å²) >= 11 is 0. The number of nitrogen functional groups attached to an aromatic ring is 1. The Labute approximate surface area is 149 Å². The van der Waals surface area contributed by atoms with Gasteiger partial charge in [0.15, 0.2) is 0 Å². The molecule has 0 spiro atoms. The SMILES string of the molecule is Nc1nc(Nc2ncccn2)cc2ccn(Cc3ccccc3)c(=O)c12. The number of benzene rings is 1. The van der Waals surface area contributed by atoms with Gasteiger partial charge in [0.25, 0.3) is 5.56 Å². The Bertz CT molecular complexity index is 1110. The molecule has 0 radical (unpaired) electrons. The molecular formula is C19H16N6O. The number of anilines is 3. The van der Waals surface area contributed by atoms with Crippen LogP contribution < -0.4 is 16.6 Å². The zero-order valence-electron chi connectivity index (χ0n) is 13.8. The second-order valence-electron chi connectivity index (χ2n) is 5.79. The largest absolute Gasteiger partial charge is 0.383 e. The number of hydrogen-bond donors (Lipinski definition) is 2. The smallest absolute Gasteiger partial charge is 0.262 e. The van der Waals surface area contributed by atoms with Gasteiger partial charge in [0.1, 0.15) is 11.6 Å². The lowest BCUT2D eigenvalue weighted by Gasteiger charge is -2.10. The van der Waals surface area contributed by atoms with Gasteiger partial charge in [0, 0.05) is 18.6 Å². The lowest BCUT2D eigenvalue weighted by Crippen LogP contribution is -2.21. The van der Waals surface area contributed by atoms with Crippen LogP contribution in [0.4, 0.5) is 17.6 Å². The van der Waals surface area contributed by atoms with Crippen LogP contribution >= 0.6 is 0 Å². The van der Waals surface area contributed by atoms with Crippen LogP contribution in [-0.2, 0) is 6.54 Å². The summed E-state index contributed by atoms with van der Waals surface area (Å²) in [5, 5.41) is 4.11. The minimum absolute atomic E-state index is 0.168. The molecular weight excluding hydrogens is 328 g/mol. The Morgan fingerprint density at radius 3 is 2.58 bits per heavy atom. The first kappa shape index (κ1) is 15.8. The monoisotopic (exact) mass is 344 g/mol. The van der Waals surface area contributed by atoms with Crippen molar-refractivity contribution in [1.82, 2.24) is 19.5 Å². The van der Waals surface area contributed by atoms with Gasteiger partial charge in [-0.2, -0.15) is 0 Å². The number of fused-ring (bicyclic) bond motifs is 1. The van der Waals surface area contributed by atoms with Crippen LogP contribution in [0, 0.1) is 0 Å². The van der Waals surface area contributed by atoms with E-state index in [4.69, 9.17) is 5.73 Å². The topological polar surface area (TPSA) is 98.7 Å². The molecule has 0 aliphatic heterocycles. The van der Waals surface area contributed by atoms with Crippen molar-refractivity contribution in [2.45, 2.75) is 6.54 Å². The van der Waals surface area contributed by atoms with E-state index in [-0.39, 0.29) is 11.4 Å². The highest BCUT2D eigenvalue weighted by atomic mass is 16.1. The molecule has 0 aliphatic carbocycles. The van der Waals surface area contributed by atoms with Crippen molar-refractivity contribution in [2.24, 2.45) is 0 Å². The molecule has 4 rings (SSSR count). The van der Waals surface area contributed by atoms with E-state index in [9.17, 15) is 4.79 Å². The molecule has 7 heteroatoms. The molecule has 3 aromatic heterocycles. The molecule has 0 saturated heterocycles. The summed E-state index contributed by atoms with van der Waals surface area (Å²) < 4.78 is 1.63. The van der Waals surface area contributed by atoms with Crippen LogP contribution in [0.1, 0.15) is 5.56 Å². The molecule has 0 unspecified atom stereocenters. The van der Waals surface area contributed by atoms with E-state index in [1.807, 2.05) is 36.4 Å². The molecule has 128 valence electrons. The molecule has 0 fully saturated rings. The Morgan fingerprint density at radius 1 is 1.04 bits per heavy atom. The van der Waals surface area contributed by atoms with Crippen molar-refractivity contribution < 1.29 is 0 Å². The van der Waals surface area contributed by atoms with Crippen LogP contribution in [0.5, 0.6) is 0 Å². The molecule has 3 N–H and O–H groups in total. The maximum absolute atomic E-state index is 12.8. The number of rotatable bonds is 4. The Kier molecular flexibility index (Phi) is 4.03. The van der Waals surface area contributed by atoms with E-state index < -0.39 is 0 Å². The third-order valence-corrected chi connectivity index (χ3v) is 3.99. The molecule has 0 aliphatic rings. The van der Waals surface area contributed by atoms with Crippen molar-refractivity contribution in [2.75, 3.05) is 11.1 Å². The third kappa shape index (κ3) is 3.10. The quantitative estimate of drug-likeness (QED) is 0.590. The molecule has 4 aromatic rings. The Morgan fingerprint density at radius 2 is 1.81 bits per heavy atom. The van der Waals surface area contributed by atoms with E-state index in [1.54, 1.807) is 35.3 Å². The number of nitrogens with two attached hydrogens (primary N) is 1. The van der Waals surface area contributed by atoms with E-state index in [0.717, 1.165) is 5.56 Å². The number of nitrogens with one attached hydrogen (secondary N) is 1. The van der Waals surface area contributed by atoms with Crippen molar-refractivity contribution in [3.8, 4) is 0 Å². The average Bonchev–Trinajstić information content (AvgIpc) is 2.65. The predicted molar refractivity (Wildman–Crippen MR) is 101 cm³/mol. The maximum Gasteiger partial charge on any atom is 0.262 e. The van der Waals surface area contributed by atoms with Crippen LogP contribution in [-0.4, -0.2) is 19.5 Å². The van der Waals surface area contributed by atoms with Gasteiger partial charge in [-0.15, -0.1) is 0 Å². The van der Waals surface area contributed by atoms with Gasteiger partial charge >= 0.3 is 0 Å². The standard InChI is InChI=1S/C19H16N6O/c20-17-16-14(11-15(23-17)24-19-21-8-4-9-22-19)7-10-25(18(16)26)12-13-5-2-1-3-6-13/h1-11H,12H2,(H3,20,21,22,23,24). The van der Waals surface area contributed by atoms with Gasteiger partial charge in [-0.25, -0.2) is 15.0 Å². The fourth-order valence-electron chi connectivity index (χ4n) is 2.78. The lowest BCUT2D eigenvalue weighted by molar-refractivity contribution is 0.768. The molecule has 0 bridgehead atoms. The van der Waals surface area contributed by atoms with E-state index in [2.05, 4.69) is 20.3 Å². The fraction of sp³-hybridized carbons (Fsp3) is 0.0526. The Hall–Kier alpha value is -3.74. The zero-order valence-corrected chi connectivity index (χ0v) is 13.8. The predicted octanol–water partition coefficient (Wildman–Crippen LogP) is 2.56. The van der Waals surface area contributed by atoms with Gasteiger partial charge in [-0.05, 0) is 29.1 Å². The van der Waals surface area contributed by atoms with Crippen LogP contribution in [0.3, 0.4) is 0 Å². The molecule has 3 heterocycles. The first-order valence-corrected chi connectivity index (χ1v) is 8.08. The van der Waals surface area contributed by atoms with Crippen LogP contribution in [0.25, 0.3) is 10.8 Å². The van der Waals surface area contributed by atoms with Crippen molar-refractivity contribution in [3.05, 3.63) is 83.0 Å². The van der Waals surface area contributed by atoms with E-state index in [1.165, 1.54) is 0 Å². The summed E-state index contributed by atoms with van der Waals surface area (Å²) in [6.45, 7) is 0.479. The summed E-state index contributed by atoms with van der Waals surface area (Å²) in [7, 11) is 0. The van der Waals surface area contributed by atoms with E-state index >= 15 is 0 Å². The number of nitrogens with zero attached hydrogens (tertiary/aromatic N) is 4. The first-order chi connectivity index (χ1) is 12.7. The summed E-state index contributed by atoms with van der Waals surface area (Å²) in [4.78, 5) is 25.3. The average molecular weight is 344 g/mol. The fourth-order valence-corrected chi connectivity index (χ4v) is 2.78. The van der Waals surface area contributed by atoms with Gasteiger partial charge in [-0.1, -0.05) is 30.3 Å². The summed E-state index contributed by atoms with van der Waals surface area (Å²) in [5.41, 5.74) is 6.94. The van der Waals surface area contributed by atoms with Gasteiger partial charge in [0.05, 0.1) is 11.9 Å². The van der Waals surface area contributed by atoms with Gasteiger partial charge in [0.2, 0.25) is 5.95 Å². The Balaban J connectivity index is 1.72. The van der Waals surface area contributed by atoms with Crippen LogP contribution in [0.2, 0.25) is 0 Å². The number of aromatic nitrogens is 4. The highest BCUT2D eigenvalue weighted by Gasteiger charge is 2.10.